The van der Waals surface area contributed by atoms with E-state index in [4.69, 9.17) is 5.26 Å². The molecule has 0 aliphatic heterocycles. The fourth-order valence-corrected chi connectivity index (χ4v) is 1.90. The van der Waals surface area contributed by atoms with Crippen molar-refractivity contribution < 1.29 is 0 Å². The summed E-state index contributed by atoms with van der Waals surface area (Å²) in [6.07, 6.45) is 3.43. The summed E-state index contributed by atoms with van der Waals surface area (Å²) in [5.41, 5.74) is 4.80. The van der Waals surface area contributed by atoms with Crippen molar-refractivity contribution in [2.24, 2.45) is 0 Å². The molecule has 0 saturated heterocycles. The minimum absolute atomic E-state index is 0.588. The van der Waals surface area contributed by atoms with E-state index in [0.29, 0.717) is 5.56 Å². The molecule has 1 nitrogen and oxygen atoms in total. The van der Waals surface area contributed by atoms with E-state index in [-0.39, 0.29) is 0 Å². The van der Waals surface area contributed by atoms with Gasteiger partial charge in [-0.3, -0.25) is 0 Å². The van der Waals surface area contributed by atoms with E-state index in [9.17, 15) is 0 Å². The van der Waals surface area contributed by atoms with Crippen LogP contribution in [0.3, 0.4) is 0 Å². The van der Waals surface area contributed by atoms with Crippen molar-refractivity contribution in [3.05, 3.63) is 82.4 Å². The molecule has 0 radical (unpaired) electrons. The van der Waals surface area contributed by atoms with Crippen molar-refractivity contribution in [2.45, 2.75) is 13.8 Å². The van der Waals surface area contributed by atoms with Crippen LogP contribution in [0.4, 0.5) is 0 Å². The van der Waals surface area contributed by atoms with E-state index >= 15 is 0 Å². The number of nitriles is 1. The van der Waals surface area contributed by atoms with Gasteiger partial charge in [-0.15, -0.1) is 0 Å². The predicted molar refractivity (Wildman–Crippen MR) is 90.0 cm³/mol. The summed E-state index contributed by atoms with van der Waals surface area (Å²) >= 11 is 0. The molecular formula is C21H15N. The van der Waals surface area contributed by atoms with Gasteiger partial charge in [-0.2, -0.15) is 5.26 Å². The Bertz CT molecular complexity index is 872. The maximum absolute atomic E-state index is 8.98. The smallest absolute Gasteiger partial charge is 0.100 e. The molecule has 0 bridgehead atoms. The van der Waals surface area contributed by atoms with Crippen LogP contribution in [0.5, 0.6) is 0 Å². The first-order valence-electron chi connectivity index (χ1n) is 6.96. The Balaban J connectivity index is 2.10. The predicted octanol–water partition coefficient (Wildman–Crippen LogP) is 4.13. The molecule has 0 atom stereocenters. The van der Waals surface area contributed by atoms with Crippen molar-refractivity contribution in [1.29, 1.82) is 5.26 Å². The quantitative estimate of drug-likeness (QED) is 0.666. The number of nitrogens with zero attached hydrogens (tertiary/aromatic N) is 1. The molecule has 22 heavy (non-hydrogen) atoms. The van der Waals surface area contributed by atoms with Crippen LogP contribution < -0.4 is 0 Å². The largest absolute Gasteiger partial charge is 0.192 e. The lowest BCUT2D eigenvalue weighted by Crippen LogP contribution is -1.85. The third kappa shape index (κ3) is 3.89. The number of aryl methyl sites for hydroxylation is 1. The summed E-state index contributed by atoms with van der Waals surface area (Å²) in [4.78, 5) is 0. The Morgan fingerprint density at radius 2 is 1.36 bits per heavy atom. The molecule has 2 aromatic rings. The third-order valence-corrected chi connectivity index (χ3v) is 3.32. The standard InChI is InChI=1S/C21H15N/c1-17-10-9-15-19(18(17)2)11-5-3-4-6-12-20-13-7-8-14-21(20)16-22/h3-4,7-10,13-15H,1-2H3. The minimum atomic E-state index is 0.588. The summed E-state index contributed by atoms with van der Waals surface area (Å²) in [5, 5.41) is 8.98. The van der Waals surface area contributed by atoms with E-state index < -0.39 is 0 Å². The molecule has 0 heterocycles. The van der Waals surface area contributed by atoms with Gasteiger partial charge >= 0.3 is 0 Å². The Labute approximate surface area is 131 Å². The molecule has 2 rings (SSSR count). The van der Waals surface area contributed by atoms with Gasteiger partial charge in [-0.05, 0) is 55.3 Å². The monoisotopic (exact) mass is 281 g/mol. The lowest BCUT2D eigenvalue weighted by Gasteiger charge is -2.00. The fourth-order valence-electron chi connectivity index (χ4n) is 1.90. The molecule has 0 spiro atoms. The Morgan fingerprint density at radius 3 is 2.05 bits per heavy atom. The average molecular weight is 281 g/mol. The van der Waals surface area contributed by atoms with Crippen LogP contribution in [0.1, 0.15) is 27.8 Å². The lowest BCUT2D eigenvalue weighted by molar-refractivity contribution is 1.32. The first kappa shape index (κ1) is 15.2. The number of hydrogen-bond acceptors (Lipinski definition) is 1. The SMILES string of the molecule is Cc1cccc(C#CC=CC#Cc2ccccc2C#N)c1C. The minimum Gasteiger partial charge on any atom is -0.192 e. The fraction of sp³-hybridized carbons (Fsp3) is 0.0952. The Hall–Kier alpha value is -3.21. The molecule has 0 N–H and O–H groups in total. The zero-order chi connectivity index (χ0) is 15.8. The highest BCUT2D eigenvalue weighted by atomic mass is 14.2. The van der Waals surface area contributed by atoms with Crippen molar-refractivity contribution in [3.8, 4) is 29.8 Å². The zero-order valence-corrected chi connectivity index (χ0v) is 12.6. The van der Waals surface area contributed by atoms with Crippen LogP contribution in [-0.2, 0) is 0 Å². The van der Waals surface area contributed by atoms with Crippen LogP contribution in [0.25, 0.3) is 0 Å². The maximum atomic E-state index is 8.98. The highest BCUT2D eigenvalue weighted by Crippen LogP contribution is 2.10. The average Bonchev–Trinajstić information content (AvgIpc) is 2.55. The second-order valence-corrected chi connectivity index (χ2v) is 4.78. The van der Waals surface area contributed by atoms with Crippen LogP contribution in [0, 0.1) is 48.9 Å². The zero-order valence-electron chi connectivity index (χ0n) is 12.6. The maximum Gasteiger partial charge on any atom is 0.100 e. The van der Waals surface area contributed by atoms with Crippen molar-refractivity contribution in [3.63, 3.8) is 0 Å². The summed E-state index contributed by atoms with van der Waals surface area (Å²) in [7, 11) is 0. The van der Waals surface area contributed by atoms with Gasteiger partial charge < -0.3 is 0 Å². The van der Waals surface area contributed by atoms with Crippen molar-refractivity contribution >= 4 is 0 Å². The molecule has 0 unspecified atom stereocenters. The highest BCUT2D eigenvalue weighted by Gasteiger charge is 1.95. The lowest BCUT2D eigenvalue weighted by atomic mass is 10.0. The number of allylic oxidation sites excluding steroid dienone is 2. The van der Waals surface area contributed by atoms with Gasteiger partial charge in [-0.1, -0.05) is 47.9 Å². The number of rotatable bonds is 0. The van der Waals surface area contributed by atoms with Gasteiger partial charge in [-0.25, -0.2) is 0 Å². The second kappa shape index (κ2) is 7.54. The molecule has 0 fully saturated rings. The first-order valence-corrected chi connectivity index (χ1v) is 6.96. The Kier molecular flexibility index (Phi) is 5.20. The molecular weight excluding hydrogens is 266 g/mol. The van der Waals surface area contributed by atoms with Crippen molar-refractivity contribution in [1.82, 2.24) is 0 Å². The van der Waals surface area contributed by atoms with Gasteiger partial charge in [0, 0.05) is 11.1 Å². The second-order valence-electron chi connectivity index (χ2n) is 4.78. The summed E-state index contributed by atoms with van der Waals surface area (Å²) in [5.74, 6) is 12.0. The van der Waals surface area contributed by atoms with Gasteiger partial charge in [0.15, 0.2) is 0 Å². The normalized spacial score (nSPS) is 9.32. The van der Waals surface area contributed by atoms with Crippen molar-refractivity contribution in [2.75, 3.05) is 0 Å². The molecule has 0 aromatic heterocycles. The van der Waals surface area contributed by atoms with Crippen LogP contribution in [0.2, 0.25) is 0 Å². The van der Waals surface area contributed by atoms with Crippen LogP contribution in [0.15, 0.2) is 54.6 Å². The third-order valence-electron chi connectivity index (χ3n) is 3.32. The van der Waals surface area contributed by atoms with Gasteiger partial charge in [0.1, 0.15) is 6.07 Å². The number of benzene rings is 2. The molecule has 0 aliphatic carbocycles. The van der Waals surface area contributed by atoms with E-state index in [1.54, 1.807) is 18.2 Å². The first-order chi connectivity index (χ1) is 10.7. The van der Waals surface area contributed by atoms with Crippen LogP contribution >= 0.6 is 0 Å². The molecule has 0 saturated carbocycles. The molecule has 0 amide bonds. The van der Waals surface area contributed by atoms with Gasteiger partial charge in [0.25, 0.3) is 0 Å². The number of hydrogen-bond donors (Lipinski definition) is 0. The van der Waals surface area contributed by atoms with E-state index in [2.05, 4.69) is 49.7 Å². The Morgan fingerprint density at radius 1 is 0.773 bits per heavy atom. The topological polar surface area (TPSA) is 23.8 Å². The summed E-state index contributed by atoms with van der Waals surface area (Å²) in [6, 6.07) is 15.5. The van der Waals surface area contributed by atoms with Gasteiger partial charge in [0.2, 0.25) is 0 Å². The highest BCUT2D eigenvalue weighted by molar-refractivity contribution is 5.49. The molecule has 104 valence electrons. The molecule has 1 heteroatoms. The van der Waals surface area contributed by atoms with Crippen LogP contribution in [-0.4, -0.2) is 0 Å². The van der Waals surface area contributed by atoms with E-state index in [0.717, 1.165) is 11.1 Å². The van der Waals surface area contributed by atoms with E-state index in [1.807, 2.05) is 30.3 Å². The summed E-state index contributed by atoms with van der Waals surface area (Å²) in [6.45, 7) is 4.15. The van der Waals surface area contributed by atoms with E-state index in [1.165, 1.54) is 11.1 Å². The molecule has 0 aliphatic rings. The van der Waals surface area contributed by atoms with Gasteiger partial charge in [0.05, 0.1) is 5.56 Å². The molecule has 2 aromatic carbocycles. The summed E-state index contributed by atoms with van der Waals surface area (Å²) < 4.78 is 0.